The van der Waals surface area contributed by atoms with Crippen LogP contribution < -0.4 is 20.1 Å². The van der Waals surface area contributed by atoms with Crippen LogP contribution in [0.2, 0.25) is 0 Å². The summed E-state index contributed by atoms with van der Waals surface area (Å²) in [5.74, 6) is 2.49. The number of aliphatic imine (C=N–C) groups is 1. The van der Waals surface area contributed by atoms with E-state index < -0.39 is 0 Å². The van der Waals surface area contributed by atoms with Crippen LogP contribution >= 0.6 is 24.0 Å². The van der Waals surface area contributed by atoms with Crippen LogP contribution in [0.15, 0.2) is 23.2 Å². The number of nitrogens with one attached hydrogen (secondary N) is 2. The summed E-state index contributed by atoms with van der Waals surface area (Å²) in [4.78, 5) is 4.34. The van der Waals surface area contributed by atoms with Crippen LogP contribution in [0.4, 0.5) is 0 Å². The van der Waals surface area contributed by atoms with Gasteiger partial charge in [-0.25, -0.2) is 0 Å². The van der Waals surface area contributed by atoms with Gasteiger partial charge < -0.3 is 24.8 Å². The van der Waals surface area contributed by atoms with Crippen LogP contribution in [0.25, 0.3) is 0 Å². The molecule has 0 spiro atoms. The molecule has 0 radical (unpaired) electrons. The average Bonchev–Trinajstić information content (AvgIpc) is 3.35. The van der Waals surface area contributed by atoms with Crippen LogP contribution in [0.3, 0.4) is 0 Å². The maximum Gasteiger partial charge on any atom is 0.191 e. The van der Waals surface area contributed by atoms with E-state index in [2.05, 4.69) is 28.6 Å². The minimum atomic E-state index is -0.103. The molecule has 0 aromatic heterocycles. The Kier molecular flexibility index (Phi) is 9.14. The Morgan fingerprint density at radius 2 is 2.04 bits per heavy atom. The molecule has 28 heavy (non-hydrogen) atoms. The molecule has 2 N–H and O–H groups in total. The molecule has 1 saturated carbocycles. The number of methoxy groups -OCH3 is 1. The predicted octanol–water partition coefficient (Wildman–Crippen LogP) is 3.87. The van der Waals surface area contributed by atoms with Gasteiger partial charge in [0.15, 0.2) is 5.96 Å². The summed E-state index contributed by atoms with van der Waals surface area (Å²) in [6.07, 6.45) is 7.27. The van der Waals surface area contributed by atoms with Crippen LogP contribution in [0.5, 0.6) is 11.5 Å². The lowest BCUT2D eigenvalue weighted by Crippen LogP contribution is -2.45. The second kappa shape index (κ2) is 11.1. The van der Waals surface area contributed by atoms with Gasteiger partial charge in [0.25, 0.3) is 0 Å². The first kappa shape index (κ1) is 23.1. The normalized spacial score (nSPS) is 22.6. The molecule has 1 aliphatic carbocycles. The van der Waals surface area contributed by atoms with E-state index in [1.54, 1.807) is 14.2 Å². The van der Waals surface area contributed by atoms with Crippen molar-refractivity contribution in [3.63, 3.8) is 0 Å². The van der Waals surface area contributed by atoms with Gasteiger partial charge in [-0.3, -0.25) is 4.99 Å². The number of guanidine groups is 1. The summed E-state index contributed by atoms with van der Waals surface area (Å²) in [5.41, 5.74) is 1.00. The highest BCUT2D eigenvalue weighted by molar-refractivity contribution is 14.0. The zero-order valence-corrected chi connectivity index (χ0v) is 19.6. The Morgan fingerprint density at radius 3 is 2.68 bits per heavy atom. The second-order valence-electron chi connectivity index (χ2n) is 7.68. The highest BCUT2D eigenvalue weighted by Gasteiger charge is 2.29. The molecule has 1 aromatic carbocycles. The lowest BCUT2D eigenvalue weighted by molar-refractivity contribution is 0.0243. The van der Waals surface area contributed by atoms with Crippen molar-refractivity contribution in [1.82, 2.24) is 10.6 Å². The monoisotopic (exact) mass is 503 g/mol. The van der Waals surface area contributed by atoms with E-state index in [1.807, 2.05) is 12.1 Å². The summed E-state index contributed by atoms with van der Waals surface area (Å²) < 4.78 is 17.5. The molecule has 1 saturated heterocycles. The third-order valence-corrected chi connectivity index (χ3v) is 5.47. The fourth-order valence-corrected chi connectivity index (χ4v) is 3.75. The number of halogens is 1. The lowest BCUT2D eigenvalue weighted by Gasteiger charge is -2.25. The molecular formula is C21H34IN3O3. The number of rotatable bonds is 7. The van der Waals surface area contributed by atoms with Gasteiger partial charge in [-0.15, -0.1) is 24.0 Å². The molecule has 1 atom stereocenters. The van der Waals surface area contributed by atoms with E-state index in [1.165, 1.54) is 12.8 Å². The molecule has 158 valence electrons. The average molecular weight is 503 g/mol. The third kappa shape index (κ3) is 6.40. The van der Waals surface area contributed by atoms with E-state index in [4.69, 9.17) is 14.2 Å². The molecule has 7 heteroatoms. The number of hydrogen-bond acceptors (Lipinski definition) is 4. The Labute approximate surface area is 185 Å². The van der Waals surface area contributed by atoms with Gasteiger partial charge in [0.05, 0.1) is 18.8 Å². The highest BCUT2D eigenvalue weighted by Crippen LogP contribution is 2.30. The molecule has 3 rings (SSSR count). The minimum absolute atomic E-state index is 0. The SMILES string of the molecule is CN=C(NCc1ccc(OC)cc1OC1CCCC1)NCC1(C)CCCO1.I. The van der Waals surface area contributed by atoms with Crippen molar-refractivity contribution in [3.8, 4) is 11.5 Å². The van der Waals surface area contributed by atoms with Gasteiger partial charge in [0.1, 0.15) is 11.5 Å². The van der Waals surface area contributed by atoms with Crippen LogP contribution in [-0.2, 0) is 11.3 Å². The molecular weight excluding hydrogens is 469 g/mol. The number of nitrogens with zero attached hydrogens (tertiary/aromatic N) is 1. The molecule has 1 aromatic rings. The Bertz CT molecular complexity index is 642. The van der Waals surface area contributed by atoms with Gasteiger partial charge in [-0.2, -0.15) is 0 Å². The number of ether oxygens (including phenoxy) is 3. The van der Waals surface area contributed by atoms with Crippen LogP contribution in [0, 0.1) is 0 Å². The summed E-state index contributed by atoms with van der Waals surface area (Å²) in [6.45, 7) is 4.39. The first-order chi connectivity index (χ1) is 13.1. The van der Waals surface area contributed by atoms with E-state index >= 15 is 0 Å². The largest absolute Gasteiger partial charge is 0.497 e. The quantitative estimate of drug-likeness (QED) is 0.336. The smallest absolute Gasteiger partial charge is 0.191 e. The van der Waals surface area contributed by atoms with Crippen molar-refractivity contribution in [1.29, 1.82) is 0 Å². The molecule has 6 nitrogen and oxygen atoms in total. The lowest BCUT2D eigenvalue weighted by atomic mass is 10.0. The van der Waals surface area contributed by atoms with Gasteiger partial charge >= 0.3 is 0 Å². The number of benzene rings is 1. The topological polar surface area (TPSA) is 64.1 Å². The molecule has 1 heterocycles. The molecule has 1 unspecified atom stereocenters. The standard InChI is InChI=1S/C21H33N3O3.HI/c1-21(11-6-12-26-21)15-24-20(22-2)23-14-16-9-10-18(25-3)13-19(16)27-17-7-4-5-8-17;/h9-10,13,17H,4-8,11-12,14-15H2,1-3H3,(H2,22,23,24);1H. The van der Waals surface area contributed by atoms with Gasteiger partial charge in [-0.1, -0.05) is 0 Å². The van der Waals surface area contributed by atoms with Crippen molar-refractivity contribution < 1.29 is 14.2 Å². The summed E-state index contributed by atoms with van der Waals surface area (Å²) in [6, 6.07) is 6.02. The third-order valence-electron chi connectivity index (χ3n) is 5.47. The first-order valence-corrected chi connectivity index (χ1v) is 10.0. The van der Waals surface area contributed by atoms with E-state index in [0.29, 0.717) is 12.6 Å². The molecule has 0 amide bonds. The Morgan fingerprint density at radius 1 is 1.25 bits per heavy atom. The molecule has 1 aliphatic heterocycles. The maximum absolute atomic E-state index is 6.27. The minimum Gasteiger partial charge on any atom is -0.497 e. The predicted molar refractivity (Wildman–Crippen MR) is 123 cm³/mol. The summed E-state index contributed by atoms with van der Waals surface area (Å²) in [7, 11) is 3.47. The van der Waals surface area contributed by atoms with Crippen molar-refractivity contribution in [2.24, 2.45) is 4.99 Å². The second-order valence-corrected chi connectivity index (χ2v) is 7.68. The fraction of sp³-hybridized carbons (Fsp3) is 0.667. The van der Waals surface area contributed by atoms with E-state index in [-0.39, 0.29) is 29.6 Å². The maximum atomic E-state index is 6.27. The highest BCUT2D eigenvalue weighted by atomic mass is 127. The molecule has 2 aliphatic rings. The zero-order chi connectivity index (χ0) is 19.1. The van der Waals surface area contributed by atoms with Gasteiger partial charge in [0.2, 0.25) is 0 Å². The number of hydrogen-bond donors (Lipinski definition) is 2. The van der Waals surface area contributed by atoms with Gasteiger partial charge in [0, 0.05) is 38.4 Å². The molecule has 0 bridgehead atoms. The van der Waals surface area contributed by atoms with Crippen molar-refractivity contribution in [2.45, 2.75) is 63.7 Å². The van der Waals surface area contributed by atoms with Crippen LogP contribution in [-0.4, -0.2) is 45.0 Å². The van der Waals surface area contributed by atoms with Crippen LogP contribution in [0.1, 0.15) is 51.0 Å². The van der Waals surface area contributed by atoms with E-state index in [9.17, 15) is 0 Å². The van der Waals surface area contributed by atoms with Gasteiger partial charge in [-0.05, 0) is 57.6 Å². The van der Waals surface area contributed by atoms with Crippen molar-refractivity contribution in [3.05, 3.63) is 23.8 Å². The van der Waals surface area contributed by atoms with E-state index in [0.717, 1.165) is 61.9 Å². The Balaban J connectivity index is 0.00000280. The first-order valence-electron chi connectivity index (χ1n) is 10.0. The fourth-order valence-electron chi connectivity index (χ4n) is 3.75. The van der Waals surface area contributed by atoms with Crippen molar-refractivity contribution >= 4 is 29.9 Å². The summed E-state index contributed by atoms with van der Waals surface area (Å²) >= 11 is 0. The molecule has 2 fully saturated rings. The summed E-state index contributed by atoms with van der Waals surface area (Å²) in [5, 5.41) is 6.78. The zero-order valence-electron chi connectivity index (χ0n) is 17.3. The van der Waals surface area contributed by atoms with Crippen molar-refractivity contribution in [2.75, 3.05) is 27.3 Å². The Hall–Kier alpha value is -1.22.